The Morgan fingerprint density at radius 3 is 1.85 bits per heavy atom. The van der Waals surface area contributed by atoms with Gasteiger partial charge in [0.2, 0.25) is 5.54 Å². The van der Waals surface area contributed by atoms with E-state index in [0.717, 1.165) is 0 Å². The van der Waals surface area contributed by atoms with Crippen molar-refractivity contribution >= 4 is 11.9 Å². The number of nitrogens with zero attached hydrogens (tertiary/aromatic N) is 3. The smallest absolute Gasteiger partial charge is 0.304 e. The van der Waals surface area contributed by atoms with Crippen LogP contribution in [0.2, 0.25) is 0 Å². The summed E-state index contributed by atoms with van der Waals surface area (Å²) in [6.45, 7) is 2.59. The highest BCUT2D eigenvalue weighted by molar-refractivity contribution is 5.67. The summed E-state index contributed by atoms with van der Waals surface area (Å²) in [6.07, 6.45) is -0.193. The maximum atomic E-state index is 11.2. The lowest BCUT2D eigenvalue weighted by Crippen LogP contribution is -2.61. The largest absolute Gasteiger partial charge is 0.481 e. The van der Waals surface area contributed by atoms with E-state index in [1.165, 1.54) is 6.92 Å². The summed E-state index contributed by atoms with van der Waals surface area (Å²) in [5, 5.41) is 28.5. The van der Waals surface area contributed by atoms with Gasteiger partial charge in [-0.15, -0.1) is 0 Å². The van der Waals surface area contributed by atoms with Gasteiger partial charge < -0.3 is 10.2 Å². The highest BCUT2D eigenvalue weighted by Crippen LogP contribution is 2.20. The van der Waals surface area contributed by atoms with Crippen LogP contribution < -0.4 is 0 Å². The summed E-state index contributed by atoms with van der Waals surface area (Å²) >= 11 is 0. The van der Waals surface area contributed by atoms with E-state index in [1.807, 2.05) is 0 Å². The zero-order chi connectivity index (χ0) is 15.3. The van der Waals surface area contributed by atoms with Crippen LogP contribution in [0.5, 0.6) is 0 Å². The molecule has 0 saturated carbocycles. The highest BCUT2D eigenvalue weighted by Gasteiger charge is 2.44. The fourth-order valence-electron chi connectivity index (χ4n) is 2.32. The molecule has 9 heteroatoms. The Balaban J connectivity index is 2.69. The Morgan fingerprint density at radius 1 is 1.15 bits per heavy atom. The number of nitro groups is 1. The maximum Gasteiger partial charge on any atom is 0.304 e. The molecule has 0 bridgehead atoms. The molecule has 0 amide bonds. The van der Waals surface area contributed by atoms with E-state index in [0.29, 0.717) is 6.67 Å². The molecule has 0 spiro atoms. The van der Waals surface area contributed by atoms with Gasteiger partial charge in [-0.25, -0.2) is 0 Å². The van der Waals surface area contributed by atoms with Crippen molar-refractivity contribution in [1.82, 2.24) is 9.80 Å². The number of carboxylic acid groups (broad SMARTS) is 2. The molecular formula is C11H19N3O6. The van der Waals surface area contributed by atoms with Crippen molar-refractivity contribution in [2.75, 3.05) is 32.8 Å². The Hall–Kier alpha value is -1.74. The molecular weight excluding hydrogens is 270 g/mol. The Labute approximate surface area is 115 Å². The second-order valence-electron chi connectivity index (χ2n) is 5.29. The number of hydrogen-bond acceptors (Lipinski definition) is 6. The van der Waals surface area contributed by atoms with Crippen molar-refractivity contribution in [2.45, 2.75) is 25.3 Å². The van der Waals surface area contributed by atoms with E-state index < -0.39 is 17.5 Å². The number of carboxylic acids is 2. The molecule has 1 saturated heterocycles. The molecule has 0 unspecified atom stereocenters. The van der Waals surface area contributed by atoms with Crippen LogP contribution >= 0.6 is 0 Å². The molecule has 0 aliphatic carbocycles. The molecule has 1 fully saturated rings. The van der Waals surface area contributed by atoms with E-state index in [1.54, 1.807) is 9.80 Å². The van der Waals surface area contributed by atoms with Gasteiger partial charge in [0.25, 0.3) is 0 Å². The third-order valence-electron chi connectivity index (χ3n) is 3.25. The monoisotopic (exact) mass is 289 g/mol. The highest BCUT2D eigenvalue weighted by atomic mass is 16.6. The zero-order valence-corrected chi connectivity index (χ0v) is 11.3. The third-order valence-corrected chi connectivity index (χ3v) is 3.25. The minimum absolute atomic E-state index is 0.0967. The predicted molar refractivity (Wildman–Crippen MR) is 67.9 cm³/mol. The molecule has 9 nitrogen and oxygen atoms in total. The van der Waals surface area contributed by atoms with Gasteiger partial charge in [0, 0.05) is 24.9 Å². The molecule has 1 aliphatic rings. The number of hydrogen-bond donors (Lipinski definition) is 2. The summed E-state index contributed by atoms with van der Waals surface area (Å²) in [5.41, 5.74) is -1.21. The average Bonchev–Trinajstić information content (AvgIpc) is 2.33. The van der Waals surface area contributed by atoms with Crippen LogP contribution in [0.15, 0.2) is 0 Å². The van der Waals surface area contributed by atoms with E-state index in [2.05, 4.69) is 0 Å². The van der Waals surface area contributed by atoms with Crippen LogP contribution in [0, 0.1) is 10.1 Å². The van der Waals surface area contributed by atoms with Crippen molar-refractivity contribution < 1.29 is 24.7 Å². The van der Waals surface area contributed by atoms with E-state index in [4.69, 9.17) is 10.2 Å². The lowest BCUT2D eigenvalue weighted by Gasteiger charge is -2.41. The summed E-state index contributed by atoms with van der Waals surface area (Å²) in [6, 6.07) is 0. The van der Waals surface area contributed by atoms with Crippen molar-refractivity contribution in [1.29, 1.82) is 0 Å². The third kappa shape index (κ3) is 4.74. The van der Waals surface area contributed by atoms with Crippen LogP contribution in [-0.2, 0) is 9.59 Å². The van der Waals surface area contributed by atoms with Gasteiger partial charge in [0.1, 0.15) is 0 Å². The fraction of sp³-hybridized carbons (Fsp3) is 0.818. The van der Waals surface area contributed by atoms with Crippen molar-refractivity contribution in [2.24, 2.45) is 0 Å². The van der Waals surface area contributed by atoms with Crippen molar-refractivity contribution in [3.8, 4) is 0 Å². The summed E-state index contributed by atoms with van der Waals surface area (Å²) in [7, 11) is 0. The minimum Gasteiger partial charge on any atom is -0.481 e. The Morgan fingerprint density at radius 2 is 1.55 bits per heavy atom. The predicted octanol–water partition coefficient (Wildman–Crippen LogP) is -0.454. The second kappa shape index (κ2) is 6.62. The Bertz CT molecular complexity index is 374. The Kier molecular flexibility index (Phi) is 5.40. The molecule has 0 radical (unpaired) electrons. The normalized spacial score (nSPS) is 19.6. The van der Waals surface area contributed by atoms with Crippen molar-refractivity contribution in [3.05, 3.63) is 10.1 Å². The van der Waals surface area contributed by atoms with Crippen LogP contribution in [0.25, 0.3) is 0 Å². The molecule has 0 aromatic heterocycles. The first-order valence-corrected chi connectivity index (χ1v) is 6.26. The molecule has 1 rings (SSSR count). The van der Waals surface area contributed by atoms with E-state index in [9.17, 15) is 19.7 Å². The summed E-state index contributed by atoms with van der Waals surface area (Å²) in [5.74, 6) is -1.93. The molecule has 0 atom stereocenters. The average molecular weight is 289 g/mol. The number of aliphatic carboxylic acids is 2. The quantitative estimate of drug-likeness (QED) is 0.477. The lowest BCUT2D eigenvalue weighted by molar-refractivity contribution is -0.570. The minimum atomic E-state index is -1.21. The van der Waals surface area contributed by atoms with Crippen LogP contribution in [0.1, 0.15) is 19.8 Å². The number of carbonyl (C=O) groups is 2. The fourth-order valence-corrected chi connectivity index (χ4v) is 2.32. The van der Waals surface area contributed by atoms with Gasteiger partial charge in [-0.3, -0.25) is 29.5 Å². The van der Waals surface area contributed by atoms with Gasteiger partial charge in [0.05, 0.1) is 32.6 Å². The molecule has 2 N–H and O–H groups in total. The van der Waals surface area contributed by atoms with Crippen LogP contribution in [-0.4, -0.2) is 75.3 Å². The maximum absolute atomic E-state index is 11.2. The summed E-state index contributed by atoms with van der Waals surface area (Å²) < 4.78 is 0. The molecule has 1 aliphatic heterocycles. The van der Waals surface area contributed by atoms with Crippen molar-refractivity contribution in [3.63, 3.8) is 0 Å². The van der Waals surface area contributed by atoms with Gasteiger partial charge >= 0.3 is 11.9 Å². The van der Waals surface area contributed by atoms with Crippen LogP contribution in [0.4, 0.5) is 0 Å². The zero-order valence-electron chi connectivity index (χ0n) is 11.3. The van der Waals surface area contributed by atoms with Gasteiger partial charge in [-0.2, -0.15) is 0 Å². The second-order valence-corrected chi connectivity index (χ2v) is 5.29. The summed E-state index contributed by atoms with van der Waals surface area (Å²) in [4.78, 5) is 35.3. The van der Waals surface area contributed by atoms with E-state index in [-0.39, 0.29) is 43.9 Å². The first-order valence-electron chi connectivity index (χ1n) is 6.26. The molecule has 20 heavy (non-hydrogen) atoms. The number of rotatable bonds is 7. The topological polar surface area (TPSA) is 124 Å². The van der Waals surface area contributed by atoms with Gasteiger partial charge in [-0.05, 0) is 0 Å². The molecule has 114 valence electrons. The SMILES string of the molecule is CC1([N+](=O)[O-])CN(CCC(=O)O)CN(CCC(=O)O)C1. The van der Waals surface area contributed by atoms with Crippen LogP contribution in [0.3, 0.4) is 0 Å². The first-order chi connectivity index (χ1) is 9.23. The molecule has 0 aromatic rings. The first kappa shape index (κ1) is 16.3. The van der Waals surface area contributed by atoms with Gasteiger partial charge in [0.15, 0.2) is 0 Å². The molecule has 1 heterocycles. The molecule has 0 aromatic carbocycles. The standard InChI is InChI=1S/C11H19N3O6/c1-11(14(19)20)6-12(4-2-9(15)16)8-13(7-11)5-3-10(17)18/h2-8H2,1H3,(H,15,16)(H,17,18). The lowest BCUT2D eigenvalue weighted by atomic mass is 9.99. The van der Waals surface area contributed by atoms with E-state index >= 15 is 0 Å². The van der Waals surface area contributed by atoms with Gasteiger partial charge in [-0.1, -0.05) is 0 Å².